The molecule has 2 aromatic rings. The fourth-order valence-electron chi connectivity index (χ4n) is 2.16. The fraction of sp³-hybridized carbons (Fsp3) is 0.222. The van der Waals surface area contributed by atoms with Crippen LogP contribution in [0.5, 0.6) is 0 Å². The Morgan fingerprint density at radius 3 is 2.42 bits per heavy atom. The maximum absolute atomic E-state index is 13.6. The van der Waals surface area contributed by atoms with E-state index >= 15 is 0 Å². The summed E-state index contributed by atoms with van der Waals surface area (Å²) in [5.41, 5.74) is 1.12. The monoisotopic (exact) mass is 331 g/mol. The quantitative estimate of drug-likeness (QED) is 0.818. The number of aliphatic carboxylic acids is 1. The van der Waals surface area contributed by atoms with Crippen LogP contribution in [0.1, 0.15) is 11.1 Å². The lowest BCUT2D eigenvalue weighted by Crippen LogP contribution is -2.34. The number of benzene rings is 2. The molecule has 0 radical (unpaired) electrons. The molecule has 126 valence electrons. The van der Waals surface area contributed by atoms with Gasteiger partial charge < -0.3 is 15.2 Å². The summed E-state index contributed by atoms with van der Waals surface area (Å²) in [5, 5.41) is 11.6. The summed E-state index contributed by atoms with van der Waals surface area (Å²) in [6.07, 6.45) is -0.723. The van der Waals surface area contributed by atoms with Gasteiger partial charge in [-0.05, 0) is 23.6 Å². The van der Waals surface area contributed by atoms with Crippen LogP contribution < -0.4 is 5.32 Å². The summed E-state index contributed by atoms with van der Waals surface area (Å²) in [5.74, 6) is -2.51. The van der Waals surface area contributed by atoms with Crippen molar-refractivity contribution >= 4 is 12.1 Å². The van der Waals surface area contributed by atoms with Crippen molar-refractivity contribution in [3.63, 3.8) is 0 Å². The molecule has 0 heterocycles. The lowest BCUT2D eigenvalue weighted by molar-refractivity contribution is -0.141. The summed E-state index contributed by atoms with van der Waals surface area (Å²) in [6.45, 7) is -0.0466. The van der Waals surface area contributed by atoms with Crippen LogP contribution in [0.4, 0.5) is 9.18 Å². The minimum absolute atomic E-state index is 0.0129. The van der Waals surface area contributed by atoms with E-state index in [1.54, 1.807) is 6.07 Å². The first-order chi connectivity index (χ1) is 11.6. The smallest absolute Gasteiger partial charge is 0.407 e. The van der Waals surface area contributed by atoms with Crippen LogP contribution >= 0.6 is 0 Å². The predicted molar refractivity (Wildman–Crippen MR) is 85.9 cm³/mol. The lowest BCUT2D eigenvalue weighted by atomic mass is 9.99. The highest BCUT2D eigenvalue weighted by Gasteiger charge is 2.20. The molecule has 0 fully saturated rings. The standard InChI is InChI=1S/C18H18FNO4/c19-16-9-5-4-8-14(16)10-15(17(21)22)11-20-18(23)24-12-13-6-2-1-3-7-13/h1-9,15H,10-12H2,(H,20,23)(H,21,22). The molecule has 0 saturated carbocycles. The van der Waals surface area contributed by atoms with Gasteiger partial charge in [0.05, 0.1) is 5.92 Å². The largest absolute Gasteiger partial charge is 0.481 e. The number of alkyl carbamates (subject to hydrolysis) is 1. The maximum atomic E-state index is 13.6. The van der Waals surface area contributed by atoms with E-state index in [2.05, 4.69) is 5.32 Å². The topological polar surface area (TPSA) is 75.6 Å². The van der Waals surface area contributed by atoms with Gasteiger partial charge in [-0.2, -0.15) is 0 Å². The normalized spacial score (nSPS) is 11.5. The lowest BCUT2D eigenvalue weighted by Gasteiger charge is -2.14. The molecule has 0 spiro atoms. The summed E-state index contributed by atoms with van der Waals surface area (Å²) >= 11 is 0. The number of amides is 1. The van der Waals surface area contributed by atoms with Gasteiger partial charge in [0.2, 0.25) is 0 Å². The van der Waals surface area contributed by atoms with Gasteiger partial charge in [-0.3, -0.25) is 4.79 Å². The van der Waals surface area contributed by atoms with Crippen molar-refractivity contribution in [2.45, 2.75) is 13.0 Å². The van der Waals surface area contributed by atoms with Crippen molar-refractivity contribution in [1.82, 2.24) is 5.32 Å². The Balaban J connectivity index is 1.84. The van der Waals surface area contributed by atoms with E-state index in [9.17, 15) is 19.1 Å². The number of hydrogen-bond donors (Lipinski definition) is 2. The molecule has 0 aliphatic heterocycles. The number of hydrogen-bond acceptors (Lipinski definition) is 3. The third-order valence-corrected chi connectivity index (χ3v) is 3.48. The Hall–Kier alpha value is -2.89. The van der Waals surface area contributed by atoms with E-state index in [4.69, 9.17) is 4.74 Å². The van der Waals surface area contributed by atoms with E-state index in [0.29, 0.717) is 5.56 Å². The van der Waals surface area contributed by atoms with Gasteiger partial charge in [0, 0.05) is 6.54 Å². The Morgan fingerprint density at radius 1 is 1.08 bits per heavy atom. The molecular formula is C18H18FNO4. The molecule has 1 unspecified atom stereocenters. The second-order valence-electron chi connectivity index (χ2n) is 5.27. The van der Waals surface area contributed by atoms with E-state index in [-0.39, 0.29) is 19.6 Å². The first-order valence-electron chi connectivity index (χ1n) is 7.47. The maximum Gasteiger partial charge on any atom is 0.407 e. The van der Waals surface area contributed by atoms with Crippen LogP contribution in [0, 0.1) is 11.7 Å². The van der Waals surface area contributed by atoms with Crippen molar-refractivity contribution in [2.75, 3.05) is 6.54 Å². The highest BCUT2D eigenvalue weighted by Crippen LogP contribution is 2.13. The first kappa shape index (κ1) is 17.5. The highest BCUT2D eigenvalue weighted by atomic mass is 19.1. The van der Waals surface area contributed by atoms with Crippen LogP contribution in [0.2, 0.25) is 0 Å². The second kappa shape index (κ2) is 8.67. The zero-order valence-corrected chi connectivity index (χ0v) is 12.9. The average Bonchev–Trinajstić information content (AvgIpc) is 2.59. The number of carbonyl (C=O) groups is 2. The van der Waals surface area contributed by atoms with E-state index in [1.807, 2.05) is 30.3 Å². The van der Waals surface area contributed by atoms with Gasteiger partial charge in [-0.25, -0.2) is 9.18 Å². The molecule has 0 aromatic heterocycles. The summed E-state index contributed by atoms with van der Waals surface area (Å²) < 4.78 is 18.6. The van der Waals surface area contributed by atoms with Crippen LogP contribution in [-0.4, -0.2) is 23.7 Å². The average molecular weight is 331 g/mol. The predicted octanol–water partition coefficient (Wildman–Crippen LogP) is 3.00. The SMILES string of the molecule is O=C(NCC(Cc1ccccc1F)C(=O)O)OCc1ccccc1. The van der Waals surface area contributed by atoms with Gasteiger partial charge in [0.15, 0.2) is 0 Å². The molecule has 0 saturated heterocycles. The van der Waals surface area contributed by atoms with Crippen molar-refractivity contribution in [2.24, 2.45) is 5.92 Å². The molecule has 5 nitrogen and oxygen atoms in total. The molecule has 0 bridgehead atoms. The first-order valence-corrected chi connectivity index (χ1v) is 7.47. The van der Waals surface area contributed by atoms with Crippen molar-refractivity contribution < 1.29 is 23.8 Å². The van der Waals surface area contributed by atoms with E-state index < -0.39 is 23.8 Å². The molecule has 1 atom stereocenters. The Kier molecular flexibility index (Phi) is 6.31. The minimum Gasteiger partial charge on any atom is -0.481 e. The summed E-state index contributed by atoms with van der Waals surface area (Å²) in [7, 11) is 0. The van der Waals surface area contributed by atoms with Gasteiger partial charge in [0.25, 0.3) is 0 Å². The summed E-state index contributed by atoms with van der Waals surface area (Å²) in [6, 6.07) is 15.1. The number of halogens is 1. The fourth-order valence-corrected chi connectivity index (χ4v) is 2.16. The second-order valence-corrected chi connectivity index (χ2v) is 5.27. The zero-order chi connectivity index (χ0) is 17.4. The van der Waals surface area contributed by atoms with E-state index in [0.717, 1.165) is 5.56 Å². The third-order valence-electron chi connectivity index (χ3n) is 3.48. The molecule has 2 aromatic carbocycles. The molecule has 24 heavy (non-hydrogen) atoms. The van der Waals surface area contributed by atoms with E-state index in [1.165, 1.54) is 18.2 Å². The molecule has 0 aliphatic rings. The number of nitrogens with one attached hydrogen (secondary N) is 1. The van der Waals surface area contributed by atoms with Gasteiger partial charge in [-0.15, -0.1) is 0 Å². The van der Waals surface area contributed by atoms with Crippen molar-refractivity contribution in [3.05, 3.63) is 71.5 Å². The third kappa shape index (κ3) is 5.39. The van der Waals surface area contributed by atoms with Crippen LogP contribution in [0.25, 0.3) is 0 Å². The molecule has 2 rings (SSSR count). The van der Waals surface area contributed by atoms with Crippen LogP contribution in [0.3, 0.4) is 0 Å². The van der Waals surface area contributed by atoms with Crippen LogP contribution in [-0.2, 0) is 22.6 Å². The number of carboxylic acids is 1. The van der Waals surface area contributed by atoms with Gasteiger partial charge in [-0.1, -0.05) is 48.5 Å². The number of rotatable bonds is 7. The zero-order valence-electron chi connectivity index (χ0n) is 12.9. The molecule has 2 N–H and O–H groups in total. The number of ether oxygens (including phenoxy) is 1. The highest BCUT2D eigenvalue weighted by molar-refractivity contribution is 5.72. The minimum atomic E-state index is -1.11. The molecule has 6 heteroatoms. The summed E-state index contributed by atoms with van der Waals surface area (Å²) in [4.78, 5) is 23.0. The Bertz CT molecular complexity index is 690. The molecule has 0 aliphatic carbocycles. The number of carboxylic acid groups (broad SMARTS) is 1. The van der Waals surface area contributed by atoms with Crippen molar-refractivity contribution in [3.8, 4) is 0 Å². The van der Waals surface area contributed by atoms with Crippen LogP contribution in [0.15, 0.2) is 54.6 Å². The molecular weight excluding hydrogens is 313 g/mol. The van der Waals surface area contributed by atoms with Gasteiger partial charge >= 0.3 is 12.1 Å². The molecule has 1 amide bonds. The Morgan fingerprint density at radius 2 is 1.75 bits per heavy atom. The Labute approximate surface area is 139 Å². The van der Waals surface area contributed by atoms with Gasteiger partial charge in [0.1, 0.15) is 12.4 Å². The number of carbonyl (C=O) groups excluding carboxylic acids is 1. The van der Waals surface area contributed by atoms with Crippen molar-refractivity contribution in [1.29, 1.82) is 0 Å².